The van der Waals surface area contributed by atoms with Crippen LogP contribution in [-0.2, 0) is 0 Å². The average Bonchev–Trinajstić information content (AvgIpc) is 2.62. The molecule has 0 aliphatic rings. The lowest BCUT2D eigenvalue weighted by atomic mass is 10.2. The molecule has 0 amide bonds. The van der Waals surface area contributed by atoms with Crippen LogP contribution in [0.1, 0.15) is 17.0 Å². The first-order valence-corrected chi connectivity index (χ1v) is 6.55. The molecular weight excluding hydrogens is 308 g/mol. The fraction of sp³-hybridized carbons (Fsp3) is 0.143. The number of nitrogens with zero attached hydrogens (tertiary/aromatic N) is 2. The van der Waals surface area contributed by atoms with E-state index in [1.807, 2.05) is 44.2 Å². The van der Waals surface area contributed by atoms with Crippen LogP contribution in [0.25, 0.3) is 11.8 Å². The van der Waals surface area contributed by atoms with E-state index in [1.54, 1.807) is 0 Å². The van der Waals surface area contributed by atoms with Gasteiger partial charge in [0.05, 0.1) is 4.92 Å². The van der Waals surface area contributed by atoms with Crippen LogP contribution >= 0.6 is 15.9 Å². The molecule has 0 fully saturated rings. The molecule has 0 unspecified atom stereocenters. The highest BCUT2D eigenvalue weighted by molar-refractivity contribution is 9.10. The fourth-order valence-corrected chi connectivity index (χ4v) is 2.50. The van der Waals surface area contributed by atoms with E-state index in [4.69, 9.17) is 0 Å². The first-order valence-electron chi connectivity index (χ1n) is 5.75. The second-order valence-corrected chi connectivity index (χ2v) is 5.16. The minimum absolute atomic E-state index is 0.453. The fourth-order valence-electron chi connectivity index (χ4n) is 2.11. The molecule has 0 radical (unpaired) electrons. The third-order valence-electron chi connectivity index (χ3n) is 2.91. The minimum Gasteiger partial charge on any atom is -0.318 e. The molecule has 0 N–H and O–H groups in total. The molecule has 0 saturated heterocycles. The molecule has 5 heteroatoms. The van der Waals surface area contributed by atoms with Crippen LogP contribution in [0.15, 0.2) is 41.0 Å². The van der Waals surface area contributed by atoms with Crippen molar-refractivity contribution in [3.05, 3.63) is 68.1 Å². The van der Waals surface area contributed by atoms with Crippen LogP contribution < -0.4 is 0 Å². The Hall–Kier alpha value is -1.88. The van der Waals surface area contributed by atoms with Crippen molar-refractivity contribution in [3.8, 4) is 5.69 Å². The van der Waals surface area contributed by atoms with Crippen LogP contribution in [-0.4, -0.2) is 9.49 Å². The largest absolute Gasteiger partial charge is 0.318 e. The highest BCUT2D eigenvalue weighted by Crippen LogP contribution is 2.23. The molecule has 0 aliphatic carbocycles. The van der Waals surface area contributed by atoms with E-state index in [-0.39, 0.29) is 0 Å². The molecule has 0 saturated carbocycles. The summed E-state index contributed by atoms with van der Waals surface area (Å²) >= 11 is 3.45. The van der Waals surface area contributed by atoms with Gasteiger partial charge >= 0.3 is 0 Å². The van der Waals surface area contributed by atoms with Crippen molar-refractivity contribution < 1.29 is 4.92 Å². The number of hydrogen-bond acceptors (Lipinski definition) is 2. The smallest absolute Gasteiger partial charge is 0.235 e. The number of rotatable bonds is 3. The maximum atomic E-state index is 10.4. The van der Waals surface area contributed by atoms with Crippen LogP contribution in [0.5, 0.6) is 0 Å². The number of halogens is 1. The van der Waals surface area contributed by atoms with Crippen LogP contribution in [0.3, 0.4) is 0 Å². The minimum atomic E-state index is -0.453. The van der Waals surface area contributed by atoms with Crippen molar-refractivity contribution >= 4 is 22.0 Å². The van der Waals surface area contributed by atoms with Crippen molar-refractivity contribution in [2.24, 2.45) is 0 Å². The normalized spacial score (nSPS) is 11.1. The van der Waals surface area contributed by atoms with Gasteiger partial charge in [0.2, 0.25) is 6.20 Å². The lowest BCUT2D eigenvalue weighted by molar-refractivity contribution is -0.400. The molecule has 4 nitrogen and oxygen atoms in total. The summed E-state index contributed by atoms with van der Waals surface area (Å²) in [6.07, 6.45) is 2.49. The predicted molar refractivity (Wildman–Crippen MR) is 79.0 cm³/mol. The highest BCUT2D eigenvalue weighted by Gasteiger charge is 2.09. The molecule has 0 aliphatic heterocycles. The zero-order valence-electron chi connectivity index (χ0n) is 10.6. The average molecular weight is 321 g/mol. The van der Waals surface area contributed by atoms with Gasteiger partial charge in [0, 0.05) is 33.2 Å². The van der Waals surface area contributed by atoms with Gasteiger partial charge in [-0.2, -0.15) is 0 Å². The van der Waals surface area contributed by atoms with Crippen LogP contribution in [0.4, 0.5) is 0 Å². The molecule has 98 valence electrons. The Bertz CT molecular complexity index is 659. The van der Waals surface area contributed by atoms with E-state index in [2.05, 4.69) is 20.5 Å². The third-order valence-corrected chi connectivity index (χ3v) is 3.41. The van der Waals surface area contributed by atoms with Gasteiger partial charge in [-0.05, 0) is 38.1 Å². The lowest BCUT2D eigenvalue weighted by Crippen LogP contribution is -1.98. The molecule has 2 rings (SSSR count). The van der Waals surface area contributed by atoms with Gasteiger partial charge in [-0.3, -0.25) is 10.1 Å². The summed E-state index contributed by atoms with van der Waals surface area (Å²) in [6.45, 7) is 3.94. The van der Waals surface area contributed by atoms with E-state index in [9.17, 15) is 10.1 Å². The van der Waals surface area contributed by atoms with Crippen LogP contribution in [0.2, 0.25) is 0 Å². The Morgan fingerprint density at radius 1 is 1.32 bits per heavy atom. The van der Waals surface area contributed by atoms with Gasteiger partial charge in [0.15, 0.2) is 0 Å². The molecule has 0 spiro atoms. The molecular formula is C14H13BrN2O2. The summed E-state index contributed by atoms with van der Waals surface area (Å²) in [5.41, 5.74) is 3.91. The second kappa shape index (κ2) is 5.40. The Labute approximate surface area is 119 Å². The number of aryl methyl sites for hydroxylation is 1. The zero-order valence-corrected chi connectivity index (χ0v) is 12.2. The van der Waals surface area contributed by atoms with Crippen molar-refractivity contribution in [2.45, 2.75) is 13.8 Å². The first kappa shape index (κ1) is 13.5. The van der Waals surface area contributed by atoms with E-state index in [0.717, 1.165) is 33.3 Å². The molecule has 0 atom stereocenters. The summed E-state index contributed by atoms with van der Waals surface area (Å²) in [7, 11) is 0. The molecule has 1 heterocycles. The number of nitro groups is 1. The van der Waals surface area contributed by atoms with Gasteiger partial charge in [0.1, 0.15) is 0 Å². The van der Waals surface area contributed by atoms with Gasteiger partial charge in [-0.1, -0.05) is 22.0 Å². The molecule has 1 aromatic heterocycles. The summed E-state index contributed by atoms with van der Waals surface area (Å²) in [6, 6.07) is 9.89. The molecule has 19 heavy (non-hydrogen) atoms. The maximum Gasteiger partial charge on any atom is 0.235 e. The Morgan fingerprint density at radius 2 is 2.05 bits per heavy atom. The van der Waals surface area contributed by atoms with Crippen LogP contribution in [0, 0.1) is 24.0 Å². The van der Waals surface area contributed by atoms with Crippen molar-refractivity contribution in [2.75, 3.05) is 0 Å². The first-order chi connectivity index (χ1) is 8.99. The van der Waals surface area contributed by atoms with Crippen molar-refractivity contribution in [1.82, 2.24) is 4.57 Å². The summed E-state index contributed by atoms with van der Waals surface area (Å²) in [5, 5.41) is 10.4. The number of hydrogen-bond donors (Lipinski definition) is 0. The van der Waals surface area contributed by atoms with Gasteiger partial charge < -0.3 is 4.57 Å². The highest BCUT2D eigenvalue weighted by atomic mass is 79.9. The quantitative estimate of drug-likeness (QED) is 0.631. The number of benzene rings is 1. The lowest BCUT2D eigenvalue weighted by Gasteiger charge is -2.09. The summed E-state index contributed by atoms with van der Waals surface area (Å²) in [4.78, 5) is 9.94. The van der Waals surface area contributed by atoms with Gasteiger partial charge in [-0.15, -0.1) is 0 Å². The van der Waals surface area contributed by atoms with E-state index in [0.29, 0.717) is 0 Å². The SMILES string of the molecule is Cc1cc(C=C[N+](=O)[O-])c(C)n1-c1cccc(Br)c1. The van der Waals surface area contributed by atoms with E-state index < -0.39 is 4.92 Å². The summed E-state index contributed by atoms with van der Waals surface area (Å²) in [5.74, 6) is 0. The van der Waals surface area contributed by atoms with E-state index in [1.165, 1.54) is 6.08 Å². The van der Waals surface area contributed by atoms with E-state index >= 15 is 0 Å². The topological polar surface area (TPSA) is 48.1 Å². The maximum absolute atomic E-state index is 10.4. The zero-order chi connectivity index (χ0) is 14.0. The van der Waals surface area contributed by atoms with Crippen molar-refractivity contribution in [1.29, 1.82) is 0 Å². The predicted octanol–water partition coefficient (Wildman–Crippen LogP) is 4.10. The van der Waals surface area contributed by atoms with Gasteiger partial charge in [0.25, 0.3) is 0 Å². The second-order valence-electron chi connectivity index (χ2n) is 4.24. The molecule has 0 bridgehead atoms. The third kappa shape index (κ3) is 2.93. The van der Waals surface area contributed by atoms with Gasteiger partial charge in [-0.25, -0.2) is 0 Å². The Balaban J connectivity index is 2.51. The Kier molecular flexibility index (Phi) is 3.85. The molecule has 2 aromatic rings. The Morgan fingerprint density at radius 3 is 2.68 bits per heavy atom. The standard InChI is InChI=1S/C14H13BrN2O2/c1-10-8-12(6-7-16(18)19)11(2)17(10)14-5-3-4-13(15)9-14/h3-9H,1-2H3. The number of aromatic nitrogens is 1. The summed E-state index contributed by atoms with van der Waals surface area (Å²) < 4.78 is 3.07. The van der Waals surface area contributed by atoms with Crippen molar-refractivity contribution in [3.63, 3.8) is 0 Å². The molecule has 1 aromatic carbocycles. The monoisotopic (exact) mass is 320 g/mol.